The number of rotatable bonds is 3. The lowest BCUT2D eigenvalue weighted by atomic mass is 10.1. The van der Waals surface area contributed by atoms with E-state index in [0.717, 1.165) is 31.9 Å². The number of halogens is 1. The summed E-state index contributed by atoms with van der Waals surface area (Å²) in [5, 5.41) is 3.46. The number of nitrogens with zero attached hydrogens (tertiary/aromatic N) is 1. The molecule has 2 rings (SSSR count). The Balaban J connectivity index is 0.00000162. The number of nitrogens with one attached hydrogen (secondary N) is 1. The van der Waals surface area contributed by atoms with Crippen LogP contribution in [0.3, 0.4) is 0 Å². The Hall–Kier alpha value is -0.770. The summed E-state index contributed by atoms with van der Waals surface area (Å²) in [5.41, 5.74) is 2.59. The maximum atomic E-state index is 5.43. The third-order valence-electron chi connectivity index (χ3n) is 3.28. The molecule has 0 spiro atoms. The normalized spacial score (nSPS) is 20.3. The molecule has 1 heterocycles. The van der Waals surface area contributed by atoms with Gasteiger partial charge in [0, 0.05) is 37.8 Å². The van der Waals surface area contributed by atoms with E-state index in [2.05, 4.69) is 42.3 Å². The lowest BCUT2D eigenvalue weighted by Gasteiger charge is -2.32. The quantitative estimate of drug-likeness (QED) is 0.912. The third kappa shape index (κ3) is 3.87. The van der Waals surface area contributed by atoms with Gasteiger partial charge in [0.1, 0.15) is 5.75 Å². The highest BCUT2D eigenvalue weighted by molar-refractivity contribution is 5.85. The van der Waals surface area contributed by atoms with Crippen LogP contribution in [-0.4, -0.2) is 37.7 Å². The van der Waals surface area contributed by atoms with Crippen LogP contribution in [0.25, 0.3) is 0 Å². The van der Waals surface area contributed by atoms with Crippen molar-refractivity contribution in [3.8, 4) is 5.75 Å². The summed E-state index contributed by atoms with van der Waals surface area (Å²) in [6.45, 7) is 8.65. The molecule has 1 aromatic carbocycles. The number of aryl methyl sites for hydroxylation is 1. The number of hydrogen-bond acceptors (Lipinski definition) is 3. The average Bonchev–Trinajstić information content (AvgIpc) is 2.29. The predicted octanol–water partition coefficient (Wildman–Crippen LogP) is 2.22. The zero-order valence-corrected chi connectivity index (χ0v) is 12.2. The van der Waals surface area contributed by atoms with Crippen LogP contribution in [0.15, 0.2) is 18.2 Å². The molecule has 0 bridgehead atoms. The van der Waals surface area contributed by atoms with Gasteiger partial charge in [-0.15, -0.1) is 12.4 Å². The minimum absolute atomic E-state index is 0. The van der Waals surface area contributed by atoms with Crippen molar-refractivity contribution >= 4 is 12.4 Å². The first-order valence-corrected chi connectivity index (χ1v) is 6.28. The van der Waals surface area contributed by atoms with Gasteiger partial charge < -0.3 is 10.1 Å². The summed E-state index contributed by atoms with van der Waals surface area (Å²) in [6, 6.07) is 6.98. The van der Waals surface area contributed by atoms with Crippen LogP contribution in [0.4, 0.5) is 0 Å². The second kappa shape index (κ2) is 6.98. The van der Waals surface area contributed by atoms with Gasteiger partial charge in [-0.3, -0.25) is 4.90 Å². The van der Waals surface area contributed by atoms with Gasteiger partial charge in [0.15, 0.2) is 0 Å². The molecule has 1 N–H and O–H groups in total. The molecule has 3 nitrogen and oxygen atoms in total. The highest BCUT2D eigenvalue weighted by Gasteiger charge is 2.16. The van der Waals surface area contributed by atoms with E-state index in [1.54, 1.807) is 7.11 Å². The standard InChI is InChI=1S/C14H22N2O.ClH/c1-11-4-5-14(17-3)13(8-11)10-16-7-6-15-12(2)9-16;/h4-5,8,12,15H,6-7,9-10H2,1-3H3;1H. The second-order valence-electron chi connectivity index (χ2n) is 4.91. The molecule has 1 atom stereocenters. The van der Waals surface area contributed by atoms with Crippen LogP contribution in [0.5, 0.6) is 5.75 Å². The van der Waals surface area contributed by atoms with Crippen LogP contribution in [-0.2, 0) is 6.54 Å². The van der Waals surface area contributed by atoms with Crippen molar-refractivity contribution in [2.75, 3.05) is 26.7 Å². The monoisotopic (exact) mass is 270 g/mol. The van der Waals surface area contributed by atoms with Crippen LogP contribution >= 0.6 is 12.4 Å². The average molecular weight is 271 g/mol. The fourth-order valence-corrected chi connectivity index (χ4v) is 2.43. The van der Waals surface area contributed by atoms with Gasteiger partial charge in [-0.2, -0.15) is 0 Å². The molecule has 18 heavy (non-hydrogen) atoms. The topological polar surface area (TPSA) is 24.5 Å². The minimum atomic E-state index is 0. The van der Waals surface area contributed by atoms with Gasteiger partial charge >= 0.3 is 0 Å². The van der Waals surface area contributed by atoms with Crippen molar-refractivity contribution in [3.05, 3.63) is 29.3 Å². The lowest BCUT2D eigenvalue weighted by Crippen LogP contribution is -2.48. The zero-order valence-electron chi connectivity index (χ0n) is 11.4. The summed E-state index contributed by atoms with van der Waals surface area (Å²) in [7, 11) is 1.74. The number of piperazine rings is 1. The van der Waals surface area contributed by atoms with Crippen LogP contribution in [0.1, 0.15) is 18.1 Å². The molecule has 1 saturated heterocycles. The number of benzene rings is 1. The van der Waals surface area contributed by atoms with Crippen molar-refractivity contribution in [1.82, 2.24) is 10.2 Å². The second-order valence-corrected chi connectivity index (χ2v) is 4.91. The zero-order chi connectivity index (χ0) is 12.3. The molecule has 0 saturated carbocycles. The highest BCUT2D eigenvalue weighted by atomic mass is 35.5. The van der Waals surface area contributed by atoms with E-state index in [1.165, 1.54) is 11.1 Å². The van der Waals surface area contributed by atoms with Gasteiger partial charge in [-0.05, 0) is 19.9 Å². The van der Waals surface area contributed by atoms with Crippen LogP contribution in [0.2, 0.25) is 0 Å². The molecule has 0 amide bonds. The summed E-state index contributed by atoms with van der Waals surface area (Å²) < 4.78 is 5.43. The van der Waals surface area contributed by atoms with Crippen LogP contribution in [0, 0.1) is 6.92 Å². The number of ether oxygens (including phenoxy) is 1. The van der Waals surface area contributed by atoms with E-state index in [0.29, 0.717) is 6.04 Å². The minimum Gasteiger partial charge on any atom is -0.496 e. The largest absolute Gasteiger partial charge is 0.496 e. The molecule has 1 aliphatic heterocycles. The Kier molecular flexibility index (Phi) is 5.93. The van der Waals surface area contributed by atoms with E-state index in [1.807, 2.05) is 0 Å². The Labute approximate surface area is 116 Å². The molecule has 1 aliphatic rings. The van der Waals surface area contributed by atoms with Crippen molar-refractivity contribution < 1.29 is 4.74 Å². The summed E-state index contributed by atoms with van der Waals surface area (Å²) >= 11 is 0. The molecule has 0 radical (unpaired) electrons. The fraction of sp³-hybridized carbons (Fsp3) is 0.571. The summed E-state index contributed by atoms with van der Waals surface area (Å²) in [5.74, 6) is 1.00. The first kappa shape index (κ1) is 15.3. The van der Waals surface area contributed by atoms with E-state index in [4.69, 9.17) is 4.74 Å². The molecule has 4 heteroatoms. The maximum Gasteiger partial charge on any atom is 0.123 e. The van der Waals surface area contributed by atoms with Gasteiger partial charge in [-0.25, -0.2) is 0 Å². The van der Waals surface area contributed by atoms with Crippen molar-refractivity contribution in [2.24, 2.45) is 0 Å². The van der Waals surface area contributed by atoms with Gasteiger partial charge in [-0.1, -0.05) is 17.7 Å². The lowest BCUT2D eigenvalue weighted by molar-refractivity contribution is 0.197. The SMILES string of the molecule is COc1ccc(C)cc1CN1CCNC(C)C1.Cl. The molecule has 0 aliphatic carbocycles. The van der Waals surface area contributed by atoms with Crippen LogP contribution < -0.4 is 10.1 Å². The van der Waals surface area contributed by atoms with Gasteiger partial charge in [0.2, 0.25) is 0 Å². The highest BCUT2D eigenvalue weighted by Crippen LogP contribution is 2.21. The molecule has 1 aromatic rings. The summed E-state index contributed by atoms with van der Waals surface area (Å²) in [6.07, 6.45) is 0. The Morgan fingerprint density at radius 3 is 2.89 bits per heavy atom. The predicted molar refractivity (Wildman–Crippen MR) is 77.7 cm³/mol. The molecular formula is C14H23ClN2O. The van der Waals surface area contributed by atoms with Crippen molar-refractivity contribution in [1.29, 1.82) is 0 Å². The molecular weight excluding hydrogens is 248 g/mol. The Morgan fingerprint density at radius 2 is 2.22 bits per heavy atom. The van der Waals surface area contributed by atoms with E-state index in [-0.39, 0.29) is 12.4 Å². The molecule has 1 unspecified atom stereocenters. The molecule has 102 valence electrons. The first-order valence-electron chi connectivity index (χ1n) is 6.28. The number of methoxy groups -OCH3 is 1. The van der Waals surface area contributed by atoms with Crippen molar-refractivity contribution in [2.45, 2.75) is 26.4 Å². The molecule has 0 aromatic heterocycles. The third-order valence-corrected chi connectivity index (χ3v) is 3.28. The smallest absolute Gasteiger partial charge is 0.123 e. The fourth-order valence-electron chi connectivity index (χ4n) is 2.43. The summed E-state index contributed by atoms with van der Waals surface area (Å²) in [4.78, 5) is 2.48. The van der Waals surface area contributed by atoms with E-state index in [9.17, 15) is 0 Å². The Morgan fingerprint density at radius 1 is 1.44 bits per heavy atom. The molecule has 1 fully saturated rings. The van der Waals surface area contributed by atoms with Gasteiger partial charge in [0.05, 0.1) is 7.11 Å². The van der Waals surface area contributed by atoms with Gasteiger partial charge in [0.25, 0.3) is 0 Å². The van der Waals surface area contributed by atoms with E-state index < -0.39 is 0 Å². The number of hydrogen-bond donors (Lipinski definition) is 1. The maximum absolute atomic E-state index is 5.43. The van der Waals surface area contributed by atoms with E-state index >= 15 is 0 Å². The first-order chi connectivity index (χ1) is 8.19. The Bertz CT molecular complexity index is 384. The van der Waals surface area contributed by atoms with Crippen molar-refractivity contribution in [3.63, 3.8) is 0 Å².